The smallest absolute Gasteiger partial charge is 0.374 e. The highest BCUT2D eigenvalue weighted by Gasteiger charge is 2.62. The molecule has 2 aliphatic rings. The van der Waals surface area contributed by atoms with Gasteiger partial charge in [-0.2, -0.15) is 14.3 Å². The van der Waals surface area contributed by atoms with E-state index in [-0.39, 0.29) is 21.1 Å². The first-order chi connectivity index (χ1) is 66.2. The number of phosphoric ester groups is 1. The number of aliphatic hydroxyl groups excluding tert-OH is 4. The summed E-state index contributed by atoms with van der Waals surface area (Å²) in [5.74, 6) is -7.68. The number of hydrogen-bond acceptors (Lipinski definition) is 23. The quantitative estimate of drug-likeness (QED) is 0.0121. The number of unbranched alkanes of at least 4 members (excludes halogenated alkanes) is 50. The third-order valence-corrected chi connectivity index (χ3v) is 30.1. The number of esters is 5. The van der Waals surface area contributed by atoms with Crippen LogP contribution < -0.4 is 15.5 Å². The normalized spacial score (nSPS) is 21.8. The average Bonchev–Trinajstić information content (AvgIpc) is 0.745. The van der Waals surface area contributed by atoms with Crippen molar-refractivity contribution in [2.75, 3.05) is 13.2 Å². The number of amides is 2. The predicted octanol–water partition coefficient (Wildman–Crippen LogP) is 25.9. The Bertz CT molecular complexity index is 3060. The van der Waals surface area contributed by atoms with Gasteiger partial charge >= 0.3 is 38.0 Å². The Hall–Kier alpha value is -3.72. The fraction of sp³-hybridized carbons (Fsp3) is 0.938. The summed E-state index contributed by atoms with van der Waals surface area (Å²) in [6.07, 6.45) is 41.7. The molecule has 8 N–H and O–H groups in total. The highest BCUT2D eigenvalue weighted by molar-refractivity contribution is 7.51. The molecule has 26 heteroatoms. The summed E-state index contributed by atoms with van der Waals surface area (Å²) < 4.78 is 57.2. The summed E-state index contributed by atoms with van der Waals surface area (Å²) in [6.45, 7) is 27.2. The Morgan fingerprint density at radius 3 is 1.01 bits per heavy atom. The van der Waals surface area contributed by atoms with Crippen molar-refractivity contribution in [3.63, 3.8) is 0 Å². The number of carbonyl (C=O) groups is 7. The Balaban J connectivity index is 0.0000966. The second kappa shape index (κ2) is 80.4. The van der Waals surface area contributed by atoms with Gasteiger partial charge in [0, 0.05) is 9.27 Å². The third-order valence-electron chi connectivity index (χ3n) is 29.5. The Labute approximate surface area is 843 Å². The minimum absolute atomic E-state index is 0. The first-order valence-corrected chi connectivity index (χ1v) is 58.7. The summed E-state index contributed by atoms with van der Waals surface area (Å²) in [7, 11) is -5.71. The number of aliphatic hydroxyl groups is 4. The maximum Gasteiger partial charge on any atom is 0.374 e. The van der Waals surface area contributed by atoms with E-state index < -0.39 is 197 Å². The SMILES string of the molecule is CCCCCCCCCCCCCCCC(=O)OC(CC(=O)NC1(C)C(O)OC(COC2OC(CO)C(O[P+]([O-])(O)O)C(OC(=O)CC(OC(=O)C(C)CCCCCCCCCCC)C(C)CCCCCCCCC)C2(C)NC(=O)CC(OC(=O)C(C)CCCCCCCCC)C(C)CCCCCCCCC)C(O)C1OC(=O)CC(O)C(C)CCCCCCCCC)C(C)CCCCCCCCC.[HH].[HH]. The molecule has 25 nitrogen and oxygen atoms in total. The van der Waals surface area contributed by atoms with Gasteiger partial charge in [-0.1, -0.05) is 450 Å². The molecule has 0 spiro atoms. The molecule has 0 aliphatic carbocycles. The van der Waals surface area contributed by atoms with Gasteiger partial charge in [-0.05, 0) is 82.5 Å². The fourth-order valence-corrected chi connectivity index (χ4v) is 20.2. The maximum atomic E-state index is 15.8. The van der Waals surface area contributed by atoms with Crippen molar-refractivity contribution < 1.29 is 114 Å². The molecule has 20 atom stereocenters. The van der Waals surface area contributed by atoms with E-state index in [2.05, 4.69) is 59.1 Å². The highest BCUT2D eigenvalue weighted by atomic mass is 31.2. The number of rotatable bonds is 91. The van der Waals surface area contributed by atoms with E-state index in [1.165, 1.54) is 90.9 Å². The fourth-order valence-electron chi connectivity index (χ4n) is 19.7. The maximum absolute atomic E-state index is 15.8. The molecule has 2 rings (SSSR count). The van der Waals surface area contributed by atoms with Gasteiger partial charge in [-0.25, -0.2) is 0 Å². The molecule has 0 bridgehead atoms. The minimum Gasteiger partial charge on any atom is -0.606 e. The summed E-state index contributed by atoms with van der Waals surface area (Å²) in [4.78, 5) is 139. The number of ether oxygens (including phenoxy) is 8. The lowest BCUT2D eigenvalue weighted by molar-refractivity contribution is -0.327. The van der Waals surface area contributed by atoms with Crippen LogP contribution in [0.4, 0.5) is 0 Å². The zero-order valence-corrected chi connectivity index (χ0v) is 91.4. The molecule has 0 aromatic rings. The van der Waals surface area contributed by atoms with Crippen molar-refractivity contribution in [3.8, 4) is 0 Å². The van der Waals surface area contributed by atoms with Crippen molar-refractivity contribution in [2.45, 2.75) is 625 Å². The number of carbonyl (C=O) groups excluding carboxylic acids is 7. The molecule has 2 aliphatic heterocycles. The average molecular weight is 1990 g/mol. The lowest BCUT2D eigenvalue weighted by Crippen LogP contribution is -2.75. The lowest BCUT2D eigenvalue weighted by atomic mass is 9.83. The molecule has 0 saturated carbocycles. The molecular formula is C112H215N2O23P. The summed E-state index contributed by atoms with van der Waals surface area (Å²) >= 11 is 0. The predicted molar refractivity (Wildman–Crippen MR) is 556 cm³/mol. The molecule has 2 saturated heterocycles. The largest absolute Gasteiger partial charge is 0.606 e. The molecular weight excluding hydrogens is 1770 g/mol. The van der Waals surface area contributed by atoms with E-state index in [9.17, 15) is 54.3 Å². The number of hydrogen-bond donors (Lipinski definition) is 8. The third kappa shape index (κ3) is 58.6. The van der Waals surface area contributed by atoms with Crippen LogP contribution in [0.25, 0.3) is 0 Å². The van der Waals surface area contributed by atoms with Crippen molar-refractivity contribution in [1.29, 1.82) is 0 Å². The second-order valence-electron chi connectivity index (χ2n) is 42.8. The standard InChI is InChI=1S/C112H211N2O23P.2H2/c1-16-23-30-37-44-46-47-48-49-51-58-65-72-79-100(119)130-93(87(9)74-67-60-53-40-33-26-19-4)81-98(117)113-111(14)105(135-101(120)80-92(116)86(8)73-66-59-52-39-32-25-18-3)103(122)97(133-109(111)125)85-129-110-112(15,114-99(118)82-94(88(10)75-68-61-54-41-34-27-20-5)131-107(123)90(12)77-70-63-56-43-36-29-22-7)106(104(96(84-115)134-110)137-138(126,127)128)136-102(121)83-95(89(11)76-69-62-55-42-35-28-21-6)132-108(124)91(13)78-71-64-57-50-45-38-31-24-17-2;;/h86-97,103-106,109-110,115-116,122,125H,16-85H2,1-15H3,(H,113,117)(H,114,118)(H2,126,127,128);2*1H. The molecule has 0 aromatic carbocycles. The van der Waals surface area contributed by atoms with Crippen LogP contribution in [0, 0.1) is 35.5 Å². The highest BCUT2D eigenvalue weighted by Crippen LogP contribution is 2.48. The Morgan fingerprint density at radius 1 is 0.370 bits per heavy atom. The Morgan fingerprint density at radius 2 is 0.667 bits per heavy atom. The zero-order valence-electron chi connectivity index (χ0n) is 90.5. The van der Waals surface area contributed by atoms with Crippen molar-refractivity contribution in [2.24, 2.45) is 35.5 Å². The monoisotopic (exact) mass is 1990 g/mol. The molecule has 0 radical (unpaired) electrons. The topological polar surface area (TPSA) is 371 Å². The first kappa shape index (κ1) is 130. The van der Waals surface area contributed by atoms with Crippen LogP contribution in [-0.2, 0) is 76.0 Å². The van der Waals surface area contributed by atoms with Crippen molar-refractivity contribution in [1.82, 2.24) is 10.6 Å². The van der Waals surface area contributed by atoms with Gasteiger partial charge < -0.3 is 73.8 Å². The lowest BCUT2D eigenvalue weighted by Gasteiger charge is -2.52. The number of phosphoric acid groups is 1. The molecule has 2 amide bonds. The van der Waals surface area contributed by atoms with Crippen LogP contribution >= 0.6 is 8.17 Å². The molecule has 138 heavy (non-hydrogen) atoms. The van der Waals surface area contributed by atoms with E-state index in [1.807, 2.05) is 41.5 Å². The van der Waals surface area contributed by atoms with E-state index in [0.29, 0.717) is 44.9 Å². The minimum atomic E-state index is -5.71. The van der Waals surface area contributed by atoms with E-state index >= 15 is 14.4 Å². The van der Waals surface area contributed by atoms with Gasteiger partial charge in [0.1, 0.15) is 47.7 Å². The summed E-state index contributed by atoms with van der Waals surface area (Å²) in [6, 6.07) is 0. The molecule has 816 valence electrons. The summed E-state index contributed by atoms with van der Waals surface area (Å²) in [5.41, 5.74) is -4.61. The van der Waals surface area contributed by atoms with Gasteiger partial charge in [0.05, 0.1) is 56.8 Å². The van der Waals surface area contributed by atoms with E-state index in [4.69, 9.17) is 42.4 Å². The molecule has 2 heterocycles. The molecule has 2 fully saturated rings. The number of nitrogens with one attached hydrogen (secondary N) is 2. The van der Waals surface area contributed by atoms with Gasteiger partial charge in [0.25, 0.3) is 0 Å². The molecule has 20 unspecified atom stereocenters. The summed E-state index contributed by atoms with van der Waals surface area (Å²) in [5, 5.41) is 54.9. The van der Waals surface area contributed by atoms with Crippen LogP contribution in [0.3, 0.4) is 0 Å². The van der Waals surface area contributed by atoms with Gasteiger partial charge in [-0.3, -0.25) is 33.6 Å². The van der Waals surface area contributed by atoms with Gasteiger partial charge in [-0.15, -0.1) is 0 Å². The van der Waals surface area contributed by atoms with E-state index in [1.54, 1.807) is 0 Å². The Kier molecular flexibility index (Phi) is 76.0. The van der Waals surface area contributed by atoms with Crippen LogP contribution in [0.2, 0.25) is 0 Å². The second-order valence-corrected chi connectivity index (χ2v) is 44.0. The van der Waals surface area contributed by atoms with Crippen LogP contribution in [0.15, 0.2) is 0 Å². The zero-order chi connectivity index (χ0) is 102. The van der Waals surface area contributed by atoms with Gasteiger partial charge in [0.2, 0.25) is 11.8 Å². The van der Waals surface area contributed by atoms with Crippen molar-refractivity contribution in [3.05, 3.63) is 0 Å². The first-order valence-electron chi connectivity index (χ1n) is 57.2. The van der Waals surface area contributed by atoms with E-state index in [0.717, 1.165) is 283 Å². The molecule has 0 aromatic heterocycles. The van der Waals surface area contributed by atoms with Crippen molar-refractivity contribution >= 4 is 49.8 Å². The van der Waals surface area contributed by atoms with Crippen LogP contribution in [0.5, 0.6) is 0 Å². The van der Waals surface area contributed by atoms with Crippen LogP contribution in [0.1, 0.15) is 543 Å². The van der Waals surface area contributed by atoms with Gasteiger partial charge in [0.15, 0.2) is 30.9 Å². The van der Waals surface area contributed by atoms with Crippen LogP contribution in [-0.4, -0.2) is 170 Å².